The third kappa shape index (κ3) is 3.79. The van der Waals surface area contributed by atoms with Crippen LogP contribution in [-0.2, 0) is 6.42 Å². The fraction of sp³-hybridized carbons (Fsp3) is 0.125. The van der Waals surface area contributed by atoms with Crippen molar-refractivity contribution < 1.29 is 15.0 Å². The number of aromatic hydroxyl groups is 1. The van der Waals surface area contributed by atoms with Gasteiger partial charge in [-0.15, -0.1) is 0 Å². The van der Waals surface area contributed by atoms with Gasteiger partial charge in [-0.2, -0.15) is 0 Å². The number of nitrogens with one attached hydrogen (secondary N) is 1. The summed E-state index contributed by atoms with van der Waals surface area (Å²) >= 11 is 5.25. The lowest BCUT2D eigenvalue weighted by Crippen LogP contribution is -2.15. The topological polar surface area (TPSA) is 69.6 Å². The van der Waals surface area contributed by atoms with E-state index >= 15 is 0 Å². The molecule has 108 valence electrons. The van der Waals surface area contributed by atoms with Crippen LogP contribution < -0.4 is 5.32 Å². The number of carboxylic acids is 1. The number of phenols is 1. The van der Waals surface area contributed by atoms with Gasteiger partial charge >= 0.3 is 5.97 Å². The van der Waals surface area contributed by atoms with Crippen LogP contribution in [0.4, 0.5) is 5.69 Å². The van der Waals surface area contributed by atoms with Crippen LogP contribution in [0.25, 0.3) is 0 Å². The van der Waals surface area contributed by atoms with Gasteiger partial charge in [0.15, 0.2) is 0 Å². The Kier molecular flexibility index (Phi) is 4.55. The number of benzene rings is 2. The van der Waals surface area contributed by atoms with Gasteiger partial charge in [0.05, 0.1) is 10.7 Å². The fourth-order valence-electron chi connectivity index (χ4n) is 1.95. The number of carbonyl (C=O) groups is 1. The minimum Gasteiger partial charge on any atom is -0.507 e. The van der Waals surface area contributed by atoms with Crippen LogP contribution in [0.3, 0.4) is 0 Å². The number of hydrogen-bond donors (Lipinski definition) is 3. The molecule has 2 rings (SSSR count). The highest BCUT2D eigenvalue weighted by Gasteiger charge is 2.15. The normalized spacial score (nSPS) is 10.1. The van der Waals surface area contributed by atoms with Crippen LogP contribution >= 0.6 is 12.2 Å². The summed E-state index contributed by atoms with van der Waals surface area (Å²) < 4.78 is 0. The molecule has 2 aromatic carbocycles. The molecule has 0 aliphatic heterocycles. The molecule has 0 spiro atoms. The molecule has 2 aromatic rings. The molecule has 0 aliphatic carbocycles. The lowest BCUT2D eigenvalue weighted by molar-refractivity contribution is 0.0695. The molecule has 0 aromatic heterocycles. The number of anilines is 1. The molecule has 0 saturated heterocycles. The van der Waals surface area contributed by atoms with Crippen LogP contribution in [0.5, 0.6) is 5.75 Å². The Morgan fingerprint density at radius 2 is 1.86 bits per heavy atom. The first kappa shape index (κ1) is 15.0. The molecule has 0 aliphatic rings. The highest BCUT2D eigenvalue weighted by molar-refractivity contribution is 7.80. The molecule has 0 saturated carbocycles. The van der Waals surface area contributed by atoms with E-state index in [1.807, 2.05) is 31.2 Å². The van der Waals surface area contributed by atoms with Crippen molar-refractivity contribution in [3.8, 4) is 5.75 Å². The fourth-order valence-corrected chi connectivity index (χ4v) is 2.23. The zero-order valence-corrected chi connectivity index (χ0v) is 12.3. The van der Waals surface area contributed by atoms with Crippen molar-refractivity contribution in [3.63, 3.8) is 0 Å². The molecule has 5 heteroatoms. The van der Waals surface area contributed by atoms with Crippen molar-refractivity contribution >= 4 is 28.9 Å². The molecule has 0 radical (unpaired) electrons. The van der Waals surface area contributed by atoms with E-state index in [-0.39, 0.29) is 11.3 Å². The first-order valence-electron chi connectivity index (χ1n) is 6.38. The van der Waals surface area contributed by atoms with Gasteiger partial charge in [-0.25, -0.2) is 4.79 Å². The van der Waals surface area contributed by atoms with E-state index in [1.54, 1.807) is 12.1 Å². The molecule has 0 amide bonds. The SMILES string of the molecule is Cc1ccc(CC(=S)Nc2cccc(O)c2C(=O)O)cc1. The summed E-state index contributed by atoms with van der Waals surface area (Å²) in [5.74, 6) is -1.49. The summed E-state index contributed by atoms with van der Waals surface area (Å²) in [4.78, 5) is 11.7. The van der Waals surface area contributed by atoms with Crippen LogP contribution in [0.2, 0.25) is 0 Å². The minimum absolute atomic E-state index is 0.177. The molecule has 0 bridgehead atoms. The molecular weight excluding hydrogens is 286 g/mol. The number of rotatable bonds is 4. The molecule has 0 atom stereocenters. The summed E-state index contributed by atoms with van der Waals surface area (Å²) in [7, 11) is 0. The Labute approximate surface area is 128 Å². The van der Waals surface area contributed by atoms with Crippen LogP contribution in [0, 0.1) is 6.92 Å². The maximum Gasteiger partial charge on any atom is 0.341 e. The Morgan fingerprint density at radius 3 is 2.48 bits per heavy atom. The van der Waals surface area contributed by atoms with E-state index in [0.29, 0.717) is 17.1 Å². The molecule has 3 N–H and O–H groups in total. The predicted molar refractivity (Wildman–Crippen MR) is 86.2 cm³/mol. The Hall–Kier alpha value is -2.40. The second-order valence-corrected chi connectivity index (χ2v) is 5.21. The highest BCUT2D eigenvalue weighted by atomic mass is 32.1. The number of carboxylic acid groups (broad SMARTS) is 1. The maximum atomic E-state index is 11.2. The van der Waals surface area contributed by atoms with Crippen LogP contribution in [-0.4, -0.2) is 21.2 Å². The summed E-state index contributed by atoms with van der Waals surface area (Å²) in [5.41, 5.74) is 2.32. The van der Waals surface area contributed by atoms with Gasteiger partial charge in [-0.3, -0.25) is 0 Å². The lowest BCUT2D eigenvalue weighted by atomic mass is 10.1. The minimum atomic E-state index is -1.20. The van der Waals surface area contributed by atoms with E-state index in [1.165, 1.54) is 11.6 Å². The zero-order chi connectivity index (χ0) is 15.4. The smallest absolute Gasteiger partial charge is 0.341 e. The third-order valence-corrected chi connectivity index (χ3v) is 3.26. The predicted octanol–water partition coefficient (Wildman–Crippen LogP) is 3.38. The summed E-state index contributed by atoms with van der Waals surface area (Å²) in [6.45, 7) is 2.01. The first-order valence-corrected chi connectivity index (χ1v) is 6.79. The van der Waals surface area contributed by atoms with E-state index in [2.05, 4.69) is 5.32 Å². The first-order chi connectivity index (χ1) is 9.97. The van der Waals surface area contributed by atoms with Crippen molar-refractivity contribution in [2.75, 3.05) is 5.32 Å². The Morgan fingerprint density at radius 1 is 1.19 bits per heavy atom. The summed E-state index contributed by atoms with van der Waals surface area (Å²) in [5, 5.41) is 21.7. The summed E-state index contributed by atoms with van der Waals surface area (Å²) in [6, 6.07) is 12.4. The maximum absolute atomic E-state index is 11.2. The Balaban J connectivity index is 2.15. The van der Waals surface area contributed by atoms with Gasteiger partial charge in [0, 0.05) is 6.42 Å². The third-order valence-electron chi connectivity index (χ3n) is 3.02. The van der Waals surface area contributed by atoms with Gasteiger partial charge in [-0.05, 0) is 24.6 Å². The molecule has 0 unspecified atom stereocenters. The van der Waals surface area contributed by atoms with Crippen LogP contribution in [0.15, 0.2) is 42.5 Å². The second-order valence-electron chi connectivity index (χ2n) is 4.72. The van der Waals surface area contributed by atoms with Crippen LogP contribution in [0.1, 0.15) is 21.5 Å². The average molecular weight is 301 g/mol. The van der Waals surface area contributed by atoms with Crippen molar-refractivity contribution in [3.05, 3.63) is 59.2 Å². The lowest BCUT2D eigenvalue weighted by Gasteiger charge is -2.12. The zero-order valence-electron chi connectivity index (χ0n) is 11.5. The summed E-state index contributed by atoms with van der Waals surface area (Å²) in [6.07, 6.45) is 0.504. The largest absolute Gasteiger partial charge is 0.507 e. The van der Waals surface area contributed by atoms with E-state index in [0.717, 1.165) is 5.56 Å². The highest BCUT2D eigenvalue weighted by Crippen LogP contribution is 2.25. The standard InChI is InChI=1S/C16H15NO3S/c1-10-5-7-11(8-6-10)9-14(21)17-12-3-2-4-13(18)15(12)16(19)20/h2-8,18H,9H2,1H3,(H,17,21)(H,19,20). The monoisotopic (exact) mass is 301 g/mol. The van der Waals surface area contributed by atoms with Crippen molar-refractivity contribution in [2.45, 2.75) is 13.3 Å². The Bertz CT molecular complexity index is 680. The van der Waals surface area contributed by atoms with Gasteiger partial charge in [0.25, 0.3) is 0 Å². The average Bonchev–Trinajstić information content (AvgIpc) is 2.41. The van der Waals surface area contributed by atoms with E-state index < -0.39 is 5.97 Å². The molecule has 0 fully saturated rings. The van der Waals surface area contributed by atoms with Crippen molar-refractivity contribution in [1.29, 1.82) is 0 Å². The number of hydrogen-bond acceptors (Lipinski definition) is 3. The van der Waals surface area contributed by atoms with Gasteiger partial charge < -0.3 is 15.5 Å². The second kappa shape index (κ2) is 6.37. The molecule has 21 heavy (non-hydrogen) atoms. The molecular formula is C16H15NO3S. The number of aromatic carboxylic acids is 1. The van der Waals surface area contributed by atoms with Gasteiger partial charge in [-0.1, -0.05) is 48.1 Å². The van der Waals surface area contributed by atoms with Crippen molar-refractivity contribution in [1.82, 2.24) is 0 Å². The van der Waals surface area contributed by atoms with Crippen molar-refractivity contribution in [2.24, 2.45) is 0 Å². The molecule has 0 heterocycles. The molecule has 4 nitrogen and oxygen atoms in total. The van der Waals surface area contributed by atoms with Gasteiger partial charge in [0.1, 0.15) is 11.3 Å². The van der Waals surface area contributed by atoms with Gasteiger partial charge in [0.2, 0.25) is 0 Å². The van der Waals surface area contributed by atoms with E-state index in [4.69, 9.17) is 17.3 Å². The quantitative estimate of drug-likeness (QED) is 0.755. The number of thiocarbonyl (C=S) groups is 1. The van der Waals surface area contributed by atoms with E-state index in [9.17, 15) is 9.90 Å². The number of aryl methyl sites for hydroxylation is 1.